The smallest absolute Gasteiger partial charge is 0.411 e. The molecule has 1 aliphatic rings. The fourth-order valence-corrected chi connectivity index (χ4v) is 1.67. The van der Waals surface area contributed by atoms with Gasteiger partial charge in [0.1, 0.15) is 11.6 Å². The van der Waals surface area contributed by atoms with E-state index in [0.29, 0.717) is 0 Å². The van der Waals surface area contributed by atoms with Gasteiger partial charge in [0.25, 0.3) is 0 Å². The minimum Gasteiger partial charge on any atom is -0.467 e. The van der Waals surface area contributed by atoms with E-state index in [9.17, 15) is 14.7 Å². The molecule has 1 N–H and O–H groups in total. The quantitative estimate of drug-likeness (QED) is 0.683. The van der Waals surface area contributed by atoms with Gasteiger partial charge in [0.15, 0.2) is 0 Å². The van der Waals surface area contributed by atoms with Crippen LogP contribution in [0.15, 0.2) is 0 Å². The molecule has 0 unspecified atom stereocenters. The summed E-state index contributed by atoms with van der Waals surface area (Å²) < 4.78 is 17.0. The highest BCUT2D eigenvalue weighted by molar-refractivity contribution is 5.82. The molecule has 2 atom stereocenters. The number of aliphatic hydroxyl groups excluding tert-OH is 1. The first kappa shape index (κ1) is 12.2. The number of esters is 1. The number of aliphatic hydroxyl groups is 1. The fraction of sp³-hybridized carbons (Fsp3) is 0.818. The minimum atomic E-state index is -0.925. The molecule has 1 saturated heterocycles. The van der Waals surface area contributed by atoms with Crippen LogP contribution in [0.5, 0.6) is 0 Å². The summed E-state index contributed by atoms with van der Waals surface area (Å²) >= 11 is 0. The van der Waals surface area contributed by atoms with E-state index in [1.807, 2.05) is 0 Å². The van der Waals surface area contributed by atoms with Crippen molar-refractivity contribution in [2.75, 3.05) is 13.7 Å². The van der Waals surface area contributed by atoms with E-state index < -0.39 is 29.8 Å². The van der Waals surface area contributed by atoms with Crippen molar-refractivity contribution < 1.29 is 25.5 Å². The maximum absolute atomic E-state index is 11.9. The van der Waals surface area contributed by atoms with Gasteiger partial charge in [0.2, 0.25) is 0 Å². The van der Waals surface area contributed by atoms with Crippen LogP contribution >= 0.6 is 0 Å². The Hall–Kier alpha value is -1.30. The van der Waals surface area contributed by atoms with Crippen molar-refractivity contribution in [2.45, 2.75) is 44.9 Å². The van der Waals surface area contributed by atoms with Crippen molar-refractivity contribution >= 4 is 12.1 Å². The molecule has 1 amide bonds. The Labute approximate surface area is 102 Å². The first-order valence-corrected chi connectivity index (χ1v) is 5.35. The minimum absolute atomic E-state index is 0.0344. The monoisotopic (exact) mass is 246 g/mol. The second-order valence-electron chi connectivity index (χ2n) is 4.71. The zero-order valence-electron chi connectivity index (χ0n) is 11.3. The van der Waals surface area contributed by atoms with Crippen LogP contribution in [0.25, 0.3) is 0 Å². The van der Waals surface area contributed by atoms with Crippen LogP contribution in [0.1, 0.15) is 28.5 Å². The topological polar surface area (TPSA) is 76.1 Å². The van der Waals surface area contributed by atoms with Crippen LogP contribution in [0, 0.1) is 0 Å². The second kappa shape index (κ2) is 4.91. The molecule has 98 valence electrons. The van der Waals surface area contributed by atoms with E-state index in [4.69, 9.17) is 6.11 Å². The number of carbonyl (C=O) groups is 2. The van der Waals surface area contributed by atoms with Crippen molar-refractivity contribution in [3.05, 3.63) is 0 Å². The van der Waals surface area contributed by atoms with Crippen LogP contribution in [0.2, 0.25) is 0 Å². The van der Waals surface area contributed by atoms with Crippen molar-refractivity contribution in [1.82, 2.24) is 4.90 Å². The van der Waals surface area contributed by atoms with Crippen molar-refractivity contribution in [3.8, 4) is 0 Å². The SMILES string of the molecule is [2H]CC(C)(C)OC(=O)N1C[C@H](O)C[C@H]1C(=O)OC. The third-order valence-corrected chi connectivity index (χ3v) is 2.35. The molecule has 0 bridgehead atoms. The summed E-state index contributed by atoms with van der Waals surface area (Å²) in [7, 11) is 1.23. The Morgan fingerprint density at radius 3 is 2.71 bits per heavy atom. The lowest BCUT2D eigenvalue weighted by molar-refractivity contribution is -0.145. The van der Waals surface area contributed by atoms with Crippen molar-refractivity contribution in [2.24, 2.45) is 0 Å². The molecule has 17 heavy (non-hydrogen) atoms. The number of amides is 1. The third-order valence-electron chi connectivity index (χ3n) is 2.35. The van der Waals surface area contributed by atoms with Gasteiger partial charge in [-0.1, -0.05) is 0 Å². The number of hydrogen-bond donors (Lipinski definition) is 1. The Morgan fingerprint density at radius 1 is 1.53 bits per heavy atom. The highest BCUT2D eigenvalue weighted by Crippen LogP contribution is 2.22. The molecule has 6 heteroatoms. The molecule has 0 saturated carbocycles. The van der Waals surface area contributed by atoms with Crippen molar-refractivity contribution in [3.63, 3.8) is 0 Å². The van der Waals surface area contributed by atoms with E-state index in [2.05, 4.69) is 4.74 Å². The lowest BCUT2D eigenvalue weighted by Gasteiger charge is -2.27. The molecular formula is C11H19NO5. The highest BCUT2D eigenvalue weighted by atomic mass is 16.6. The van der Waals surface area contributed by atoms with Gasteiger partial charge < -0.3 is 14.6 Å². The number of ether oxygens (including phenoxy) is 2. The van der Waals surface area contributed by atoms with E-state index in [0.717, 1.165) is 4.90 Å². The van der Waals surface area contributed by atoms with Crippen LogP contribution in [0.4, 0.5) is 4.79 Å². The maximum atomic E-state index is 11.9. The number of nitrogens with zero attached hydrogens (tertiary/aromatic N) is 1. The Balaban J connectivity index is 2.74. The maximum Gasteiger partial charge on any atom is 0.411 e. The van der Waals surface area contributed by atoms with Crippen LogP contribution in [-0.2, 0) is 14.3 Å². The molecule has 0 aliphatic carbocycles. The van der Waals surface area contributed by atoms with Crippen molar-refractivity contribution in [1.29, 1.82) is 0 Å². The summed E-state index contributed by atoms with van der Waals surface area (Å²) in [6.07, 6.45) is -1.33. The molecule has 1 rings (SSSR count). The van der Waals surface area contributed by atoms with Gasteiger partial charge in [-0.3, -0.25) is 4.90 Å². The number of methoxy groups -OCH3 is 1. The molecule has 6 nitrogen and oxygen atoms in total. The van der Waals surface area contributed by atoms with Gasteiger partial charge in [0.05, 0.1) is 19.8 Å². The Morgan fingerprint density at radius 2 is 2.18 bits per heavy atom. The van der Waals surface area contributed by atoms with E-state index in [1.165, 1.54) is 7.11 Å². The van der Waals surface area contributed by atoms with E-state index >= 15 is 0 Å². The number of β-amino-alcohol motifs (C(OH)–C–C–N with tert-alkyl or cyclic N) is 1. The van der Waals surface area contributed by atoms with Gasteiger partial charge in [0, 0.05) is 7.79 Å². The number of carbonyl (C=O) groups excluding carboxylic acids is 2. The highest BCUT2D eigenvalue weighted by Gasteiger charge is 2.41. The standard InChI is InChI=1S/C11H19NO5/c1-11(2,3)17-10(15)12-6-7(13)5-8(12)9(14)16-4/h7-8,13H,5-6H2,1-4H3/t7-,8+/m1/s1/i1D. The number of rotatable bonds is 1. The lowest BCUT2D eigenvalue weighted by atomic mass is 10.2. The van der Waals surface area contributed by atoms with Crippen LogP contribution in [-0.4, -0.2) is 53.5 Å². The molecule has 0 radical (unpaired) electrons. The average Bonchev–Trinajstić information content (AvgIpc) is 2.70. The Kier molecular flexibility index (Phi) is 3.51. The molecule has 0 aromatic rings. The van der Waals surface area contributed by atoms with Gasteiger partial charge in [-0.2, -0.15) is 0 Å². The molecule has 1 aliphatic heterocycles. The van der Waals surface area contributed by atoms with Gasteiger partial charge in [-0.25, -0.2) is 9.59 Å². The molecule has 1 heterocycles. The summed E-state index contributed by atoms with van der Waals surface area (Å²) in [5.74, 6) is -0.577. The molecule has 0 spiro atoms. The normalized spacial score (nSPS) is 25.4. The largest absolute Gasteiger partial charge is 0.467 e. The summed E-state index contributed by atoms with van der Waals surface area (Å²) in [5.41, 5.74) is -0.925. The lowest BCUT2D eigenvalue weighted by Crippen LogP contribution is -2.43. The summed E-state index contributed by atoms with van der Waals surface area (Å²) in [5, 5.41) is 9.52. The zero-order chi connectivity index (χ0) is 13.9. The zero-order valence-corrected chi connectivity index (χ0v) is 10.3. The fourth-order valence-electron chi connectivity index (χ4n) is 1.67. The van der Waals surface area contributed by atoms with E-state index in [1.54, 1.807) is 13.8 Å². The summed E-state index contributed by atoms with van der Waals surface area (Å²) in [6, 6.07) is -0.820. The summed E-state index contributed by atoms with van der Waals surface area (Å²) in [6.45, 7) is 3.17. The molecule has 0 aromatic carbocycles. The van der Waals surface area contributed by atoms with E-state index in [-0.39, 0.29) is 19.9 Å². The first-order valence-electron chi connectivity index (χ1n) is 6.06. The third kappa shape index (κ3) is 3.59. The predicted molar refractivity (Wildman–Crippen MR) is 59.4 cm³/mol. The van der Waals surface area contributed by atoms with Gasteiger partial charge in [-0.05, 0) is 20.7 Å². The predicted octanol–water partition coefficient (Wildman–Crippen LogP) is 0.530. The Bertz CT molecular complexity index is 333. The van der Waals surface area contributed by atoms with Crippen LogP contribution < -0.4 is 0 Å². The number of likely N-dealkylation sites (tertiary alicyclic amines) is 1. The van der Waals surface area contributed by atoms with Gasteiger partial charge >= 0.3 is 12.1 Å². The second-order valence-corrected chi connectivity index (χ2v) is 4.71. The van der Waals surface area contributed by atoms with Crippen LogP contribution in [0.3, 0.4) is 0 Å². The number of hydrogen-bond acceptors (Lipinski definition) is 5. The molecule has 1 fully saturated rings. The average molecular weight is 246 g/mol. The molecule has 0 aromatic heterocycles. The molecular weight excluding hydrogens is 226 g/mol. The van der Waals surface area contributed by atoms with Gasteiger partial charge in [-0.15, -0.1) is 0 Å². The summed E-state index contributed by atoms with van der Waals surface area (Å²) in [4.78, 5) is 24.5. The first-order chi connectivity index (χ1) is 8.30.